The molecular formula is C25H25ClN3NaO5. The van der Waals surface area contributed by atoms with E-state index in [-0.39, 0.29) is 52.3 Å². The van der Waals surface area contributed by atoms with Crippen molar-refractivity contribution in [3.63, 3.8) is 0 Å². The summed E-state index contributed by atoms with van der Waals surface area (Å²) in [4.78, 5) is 40.2. The van der Waals surface area contributed by atoms with Gasteiger partial charge in [-0.1, -0.05) is 55.3 Å². The van der Waals surface area contributed by atoms with Gasteiger partial charge in [0.15, 0.2) is 5.15 Å². The molecule has 1 amide bonds. The van der Waals surface area contributed by atoms with Gasteiger partial charge in [-0.05, 0) is 30.2 Å². The van der Waals surface area contributed by atoms with Gasteiger partial charge in [-0.25, -0.2) is 4.98 Å². The van der Waals surface area contributed by atoms with E-state index in [4.69, 9.17) is 16.3 Å². The molecule has 35 heavy (non-hydrogen) atoms. The van der Waals surface area contributed by atoms with Crippen molar-refractivity contribution >= 4 is 35.1 Å². The molecule has 3 aromatic rings. The Labute approximate surface area is 230 Å². The minimum Gasteiger partial charge on any atom is -0.545 e. The maximum absolute atomic E-state index is 12.6. The Balaban J connectivity index is 0.00000432. The number of rotatable bonds is 10. The summed E-state index contributed by atoms with van der Waals surface area (Å²) in [7, 11) is 1.33. The van der Waals surface area contributed by atoms with Gasteiger partial charge in [-0.2, -0.15) is 0 Å². The van der Waals surface area contributed by atoms with Gasteiger partial charge < -0.3 is 24.5 Å². The summed E-state index contributed by atoms with van der Waals surface area (Å²) >= 11 is 6.34. The molecular weight excluding hydrogens is 481 g/mol. The number of ether oxygens (including phenoxy) is 1. The van der Waals surface area contributed by atoms with Crippen molar-refractivity contribution in [1.82, 2.24) is 9.55 Å². The second-order valence-corrected chi connectivity index (χ2v) is 8.05. The van der Waals surface area contributed by atoms with Crippen molar-refractivity contribution in [3.05, 3.63) is 81.9 Å². The number of halogens is 1. The molecule has 3 rings (SSSR count). The molecule has 1 N–H and O–H groups in total. The van der Waals surface area contributed by atoms with Crippen molar-refractivity contribution < 1.29 is 53.8 Å². The number of aromatic nitrogens is 2. The Hall–Kier alpha value is -2.65. The molecule has 0 atom stereocenters. The van der Waals surface area contributed by atoms with Crippen molar-refractivity contribution in [2.24, 2.45) is 0 Å². The van der Waals surface area contributed by atoms with Crippen LogP contribution in [0.5, 0.6) is 0 Å². The van der Waals surface area contributed by atoms with E-state index in [2.05, 4.69) is 17.2 Å². The summed E-state index contributed by atoms with van der Waals surface area (Å²) in [5.41, 5.74) is 1.85. The van der Waals surface area contributed by atoms with Crippen LogP contribution in [0.2, 0.25) is 5.15 Å². The monoisotopic (exact) mass is 505 g/mol. The van der Waals surface area contributed by atoms with E-state index in [9.17, 15) is 19.5 Å². The second kappa shape index (κ2) is 13.4. The van der Waals surface area contributed by atoms with Gasteiger partial charge in [-0.15, -0.1) is 0 Å². The number of carbonyl (C=O) groups excluding carboxylic acids is 3. The van der Waals surface area contributed by atoms with Crippen LogP contribution in [0.15, 0.2) is 48.5 Å². The van der Waals surface area contributed by atoms with E-state index in [0.717, 1.165) is 30.7 Å². The minimum absolute atomic E-state index is 0. The molecule has 1 aromatic heterocycles. The standard InChI is InChI=1S/C25H26ClN3O5.Na/c1-3-4-9-21-28-23(26)20(14-22(30)34-2)29(21)15-16-10-12-17(13-11-16)27-24(31)18-7-5-6-8-19(18)25(32)33;/h5-8,10-13H,3-4,9,14-15H2,1-2H3,(H,27,31)(H,32,33);/q;+1/p-1. The molecule has 0 aliphatic rings. The normalized spacial score (nSPS) is 10.4. The van der Waals surface area contributed by atoms with Crippen molar-refractivity contribution in [1.29, 1.82) is 0 Å². The maximum atomic E-state index is 12.6. The molecule has 178 valence electrons. The third kappa shape index (κ3) is 7.41. The van der Waals surface area contributed by atoms with Crippen LogP contribution in [0.25, 0.3) is 0 Å². The largest absolute Gasteiger partial charge is 1.00 e. The first-order valence-electron chi connectivity index (χ1n) is 10.8. The first kappa shape index (κ1) is 28.6. The van der Waals surface area contributed by atoms with Gasteiger partial charge in [-0.3, -0.25) is 9.59 Å². The predicted octanol–water partition coefficient (Wildman–Crippen LogP) is 0.263. The topological polar surface area (TPSA) is 113 Å². The Morgan fingerprint density at radius 1 is 1.09 bits per heavy atom. The first-order valence-corrected chi connectivity index (χ1v) is 11.2. The van der Waals surface area contributed by atoms with Crippen LogP contribution in [0.1, 0.15) is 57.6 Å². The molecule has 0 aliphatic carbocycles. The van der Waals surface area contributed by atoms with Crippen LogP contribution < -0.4 is 40.0 Å². The number of carboxylic acid groups (broad SMARTS) is 1. The number of hydrogen-bond donors (Lipinski definition) is 1. The summed E-state index contributed by atoms with van der Waals surface area (Å²) in [6.45, 7) is 2.52. The fourth-order valence-corrected chi connectivity index (χ4v) is 3.80. The molecule has 0 aliphatic heterocycles. The number of unbranched alkanes of at least 4 members (excludes halogenated alkanes) is 1. The predicted molar refractivity (Wildman–Crippen MR) is 126 cm³/mol. The second-order valence-electron chi connectivity index (χ2n) is 7.69. The van der Waals surface area contributed by atoms with Gasteiger partial charge in [0.25, 0.3) is 5.91 Å². The number of amides is 1. The van der Waals surface area contributed by atoms with Gasteiger partial charge in [0.1, 0.15) is 5.82 Å². The molecule has 0 bridgehead atoms. The van der Waals surface area contributed by atoms with E-state index in [0.29, 0.717) is 17.9 Å². The third-order valence-electron chi connectivity index (χ3n) is 5.34. The molecule has 10 heteroatoms. The van der Waals surface area contributed by atoms with Gasteiger partial charge in [0.2, 0.25) is 0 Å². The Bertz CT molecular complexity index is 1190. The van der Waals surface area contributed by atoms with E-state index in [1.54, 1.807) is 18.2 Å². The molecule has 0 saturated carbocycles. The number of nitrogens with one attached hydrogen (secondary N) is 1. The first-order chi connectivity index (χ1) is 16.3. The summed E-state index contributed by atoms with van der Waals surface area (Å²) < 4.78 is 6.73. The Kier molecular flexibility index (Phi) is 11.0. The van der Waals surface area contributed by atoms with Crippen molar-refractivity contribution in [2.45, 2.75) is 39.2 Å². The number of methoxy groups -OCH3 is 1. The molecule has 0 fully saturated rings. The smallest absolute Gasteiger partial charge is 0.545 e. The van der Waals surface area contributed by atoms with E-state index in [1.807, 2.05) is 16.7 Å². The van der Waals surface area contributed by atoms with Crippen LogP contribution in [0.3, 0.4) is 0 Å². The van der Waals surface area contributed by atoms with Crippen LogP contribution in [0.4, 0.5) is 5.69 Å². The van der Waals surface area contributed by atoms with Crippen molar-refractivity contribution in [2.75, 3.05) is 12.4 Å². The third-order valence-corrected chi connectivity index (χ3v) is 5.64. The number of carbonyl (C=O) groups is 3. The van der Waals surface area contributed by atoms with Gasteiger partial charge >= 0.3 is 35.5 Å². The summed E-state index contributed by atoms with van der Waals surface area (Å²) in [6.07, 6.45) is 2.67. The Morgan fingerprint density at radius 3 is 2.34 bits per heavy atom. The number of anilines is 1. The van der Waals surface area contributed by atoms with Crippen LogP contribution >= 0.6 is 11.6 Å². The van der Waals surface area contributed by atoms with E-state index in [1.165, 1.54) is 25.3 Å². The molecule has 0 radical (unpaired) electrons. The minimum atomic E-state index is -1.42. The summed E-state index contributed by atoms with van der Waals surface area (Å²) in [6, 6.07) is 13.0. The number of nitrogens with zero attached hydrogens (tertiary/aromatic N) is 2. The number of imidazole rings is 1. The average Bonchev–Trinajstić information content (AvgIpc) is 3.12. The molecule has 0 unspecified atom stereocenters. The van der Waals surface area contributed by atoms with E-state index < -0.39 is 17.8 Å². The number of aryl methyl sites for hydroxylation is 1. The molecule has 0 spiro atoms. The number of esters is 1. The molecule has 2 aromatic carbocycles. The quantitative estimate of drug-likeness (QED) is 0.312. The van der Waals surface area contributed by atoms with Crippen LogP contribution in [-0.4, -0.2) is 34.5 Å². The summed E-state index contributed by atoms with van der Waals surface area (Å²) in [5.74, 6) is -1.57. The SMILES string of the molecule is CCCCc1nc(Cl)c(CC(=O)OC)n1Cc1ccc(NC(=O)c2ccccc2C(=O)[O-])cc1.[Na+]. The molecule has 0 saturated heterocycles. The maximum Gasteiger partial charge on any atom is 1.00 e. The fourth-order valence-electron chi connectivity index (χ4n) is 3.53. The Morgan fingerprint density at radius 2 is 1.74 bits per heavy atom. The average molecular weight is 506 g/mol. The summed E-state index contributed by atoms with van der Waals surface area (Å²) in [5, 5.41) is 14.3. The van der Waals surface area contributed by atoms with Gasteiger partial charge in [0.05, 0.1) is 25.2 Å². The van der Waals surface area contributed by atoms with Crippen molar-refractivity contribution in [3.8, 4) is 0 Å². The fraction of sp³-hybridized carbons (Fsp3) is 0.280. The number of hydrogen-bond acceptors (Lipinski definition) is 6. The zero-order chi connectivity index (χ0) is 24.7. The molecule has 8 nitrogen and oxygen atoms in total. The zero-order valence-corrected chi connectivity index (χ0v) is 22.7. The van der Waals surface area contributed by atoms with Crippen LogP contribution in [-0.2, 0) is 28.9 Å². The molecule has 1 heterocycles. The van der Waals surface area contributed by atoms with Crippen LogP contribution in [0, 0.1) is 0 Å². The zero-order valence-electron chi connectivity index (χ0n) is 20.0. The number of benzene rings is 2. The van der Waals surface area contributed by atoms with E-state index >= 15 is 0 Å². The van der Waals surface area contributed by atoms with Gasteiger partial charge in [0, 0.05) is 29.8 Å². The number of carboxylic acids is 1. The number of aromatic carboxylic acids is 1.